The van der Waals surface area contributed by atoms with Crippen LogP contribution in [-0.4, -0.2) is 28.4 Å². The van der Waals surface area contributed by atoms with E-state index in [1.54, 1.807) is 12.1 Å². The summed E-state index contributed by atoms with van der Waals surface area (Å²) in [5.74, 6) is -0.905. The van der Waals surface area contributed by atoms with Crippen molar-refractivity contribution in [2.75, 3.05) is 7.11 Å². The number of hydrogen-bond donors (Lipinski definition) is 3. The van der Waals surface area contributed by atoms with E-state index in [2.05, 4.69) is 0 Å². The molecule has 3 atom stereocenters. The van der Waals surface area contributed by atoms with Crippen molar-refractivity contribution in [3.05, 3.63) is 58.9 Å². The van der Waals surface area contributed by atoms with Crippen LogP contribution in [0.15, 0.2) is 36.4 Å². The van der Waals surface area contributed by atoms with Gasteiger partial charge in [0.15, 0.2) is 0 Å². The number of aryl methyl sites for hydroxylation is 1. The van der Waals surface area contributed by atoms with Crippen molar-refractivity contribution in [2.24, 2.45) is 11.8 Å². The highest BCUT2D eigenvalue weighted by atomic mass is 19.1. The summed E-state index contributed by atoms with van der Waals surface area (Å²) in [6.45, 7) is 1.85. The molecule has 3 N–H and O–H groups in total. The van der Waals surface area contributed by atoms with Crippen molar-refractivity contribution in [1.82, 2.24) is 0 Å². The molecule has 0 aliphatic heterocycles. The number of aromatic hydroxyl groups is 2. The third-order valence-corrected chi connectivity index (χ3v) is 5.77. The van der Waals surface area contributed by atoms with Crippen LogP contribution >= 0.6 is 0 Å². The number of ether oxygens (including phenoxy) is 1. The highest BCUT2D eigenvalue weighted by molar-refractivity contribution is 5.73. The zero-order valence-corrected chi connectivity index (χ0v) is 16.6. The first-order valence-electron chi connectivity index (χ1n) is 9.88. The van der Waals surface area contributed by atoms with Crippen molar-refractivity contribution in [3.63, 3.8) is 0 Å². The summed E-state index contributed by atoms with van der Waals surface area (Å²) in [6.07, 6.45) is 1.64. The minimum Gasteiger partial charge on any atom is -0.508 e. The monoisotopic (exact) mass is 402 g/mol. The number of halogens is 1. The van der Waals surface area contributed by atoms with Gasteiger partial charge in [-0.1, -0.05) is 19.1 Å². The zero-order valence-electron chi connectivity index (χ0n) is 16.6. The second-order valence-corrected chi connectivity index (χ2v) is 7.82. The van der Waals surface area contributed by atoms with E-state index in [-0.39, 0.29) is 41.3 Å². The molecule has 156 valence electrons. The largest absolute Gasteiger partial charge is 0.508 e. The molecule has 2 aromatic carbocycles. The van der Waals surface area contributed by atoms with E-state index in [0.29, 0.717) is 17.9 Å². The van der Waals surface area contributed by atoms with Gasteiger partial charge in [0, 0.05) is 11.6 Å². The second kappa shape index (κ2) is 8.82. The average Bonchev–Trinajstić information content (AvgIpc) is 3.51. The lowest BCUT2D eigenvalue weighted by Crippen LogP contribution is -2.22. The maximum Gasteiger partial charge on any atom is 0.309 e. The average molecular weight is 402 g/mol. The van der Waals surface area contributed by atoms with Crippen molar-refractivity contribution >= 4 is 5.97 Å². The van der Waals surface area contributed by atoms with Gasteiger partial charge in [-0.05, 0) is 66.8 Å². The van der Waals surface area contributed by atoms with Gasteiger partial charge in [-0.25, -0.2) is 4.39 Å². The van der Waals surface area contributed by atoms with Gasteiger partial charge in [-0.15, -0.1) is 0 Å². The normalized spacial score (nSPS) is 16.8. The molecule has 1 unspecified atom stereocenters. The van der Waals surface area contributed by atoms with E-state index in [9.17, 15) is 24.5 Å². The first-order valence-corrected chi connectivity index (χ1v) is 9.88. The maximum atomic E-state index is 13.9. The van der Waals surface area contributed by atoms with Crippen LogP contribution in [-0.2, 0) is 16.0 Å². The Kier molecular flexibility index (Phi) is 6.42. The molecule has 0 aromatic heterocycles. The van der Waals surface area contributed by atoms with Gasteiger partial charge in [0.05, 0.1) is 19.1 Å². The Morgan fingerprint density at radius 3 is 2.52 bits per heavy atom. The molecule has 0 amide bonds. The SMILES string of the molecule is COC(=O)[C@@H](C)[C@H](c1ccc(CCC(O)c2ccc(O)cc2F)c(O)c1)C1CC1. The highest BCUT2D eigenvalue weighted by Crippen LogP contribution is 2.47. The Morgan fingerprint density at radius 1 is 1.21 bits per heavy atom. The number of carbonyl (C=O) groups is 1. The molecule has 3 rings (SSSR count). The summed E-state index contributed by atoms with van der Waals surface area (Å²) in [5.41, 5.74) is 1.66. The molecule has 1 aliphatic carbocycles. The summed E-state index contributed by atoms with van der Waals surface area (Å²) < 4.78 is 18.8. The van der Waals surface area contributed by atoms with Crippen LogP contribution in [0.4, 0.5) is 4.39 Å². The predicted octanol–water partition coefficient (Wildman–Crippen LogP) is 4.21. The Labute approximate surface area is 169 Å². The number of esters is 1. The molecule has 0 saturated heterocycles. The van der Waals surface area contributed by atoms with Crippen LogP contribution in [0.1, 0.15) is 54.9 Å². The minimum absolute atomic E-state index is 0.000850. The van der Waals surface area contributed by atoms with Crippen molar-refractivity contribution in [1.29, 1.82) is 0 Å². The molecule has 1 fully saturated rings. The standard InChI is InChI=1S/C23H27FO5/c1-13(23(28)29-2)22(15-4-5-15)16-6-3-14(21(27)11-16)7-10-20(26)18-9-8-17(25)12-19(18)24/h3,6,8-9,11-13,15,20,22,25-27H,4-5,7,10H2,1-2H3/t13-,20?,22-/m0/s1. The third-order valence-electron chi connectivity index (χ3n) is 5.77. The summed E-state index contributed by atoms with van der Waals surface area (Å²) in [6, 6.07) is 9.03. The van der Waals surface area contributed by atoms with Crippen LogP contribution in [0.5, 0.6) is 11.5 Å². The number of carbonyl (C=O) groups excluding carboxylic acids is 1. The molecule has 0 spiro atoms. The lowest BCUT2D eigenvalue weighted by Gasteiger charge is -2.23. The number of aliphatic hydroxyl groups is 1. The van der Waals surface area contributed by atoms with E-state index in [4.69, 9.17) is 4.74 Å². The topological polar surface area (TPSA) is 87.0 Å². The van der Waals surface area contributed by atoms with E-state index in [1.165, 1.54) is 19.2 Å². The molecule has 0 heterocycles. The number of methoxy groups -OCH3 is 1. The van der Waals surface area contributed by atoms with Gasteiger partial charge in [0.25, 0.3) is 0 Å². The fourth-order valence-electron chi connectivity index (χ4n) is 3.99. The van der Waals surface area contributed by atoms with Crippen molar-refractivity contribution < 1.29 is 29.2 Å². The first kappa shape index (κ1) is 21.1. The number of benzene rings is 2. The van der Waals surface area contributed by atoms with Gasteiger partial charge < -0.3 is 20.1 Å². The molecule has 1 saturated carbocycles. The lowest BCUT2D eigenvalue weighted by molar-refractivity contribution is -0.145. The lowest BCUT2D eigenvalue weighted by atomic mass is 9.82. The maximum absolute atomic E-state index is 13.9. The van der Waals surface area contributed by atoms with Gasteiger partial charge in [0.1, 0.15) is 17.3 Å². The van der Waals surface area contributed by atoms with E-state index < -0.39 is 11.9 Å². The fraction of sp³-hybridized carbons (Fsp3) is 0.435. The summed E-state index contributed by atoms with van der Waals surface area (Å²) in [4.78, 5) is 12.0. The van der Waals surface area contributed by atoms with Crippen LogP contribution in [0.3, 0.4) is 0 Å². The van der Waals surface area contributed by atoms with Crippen molar-refractivity contribution in [2.45, 2.75) is 44.6 Å². The minimum atomic E-state index is -1.05. The molecule has 6 heteroatoms. The molecule has 29 heavy (non-hydrogen) atoms. The number of aliphatic hydroxyl groups excluding tert-OH is 1. The van der Waals surface area contributed by atoms with Crippen LogP contribution in [0.2, 0.25) is 0 Å². The van der Waals surface area contributed by atoms with Crippen LogP contribution in [0, 0.1) is 17.7 Å². The Hall–Kier alpha value is -2.60. The molecular formula is C23H27FO5. The van der Waals surface area contributed by atoms with E-state index in [1.807, 2.05) is 13.0 Å². The fourth-order valence-corrected chi connectivity index (χ4v) is 3.99. The zero-order chi connectivity index (χ0) is 21.1. The van der Waals surface area contributed by atoms with Crippen LogP contribution < -0.4 is 0 Å². The highest BCUT2D eigenvalue weighted by Gasteiger charge is 2.39. The number of rotatable bonds is 8. The number of phenolic OH excluding ortho intramolecular Hbond substituents is 2. The second-order valence-electron chi connectivity index (χ2n) is 7.82. The van der Waals surface area contributed by atoms with Crippen LogP contribution in [0.25, 0.3) is 0 Å². The summed E-state index contributed by atoms with van der Waals surface area (Å²) in [5, 5.41) is 30.0. The smallest absolute Gasteiger partial charge is 0.309 e. The molecule has 2 aromatic rings. The number of hydrogen-bond acceptors (Lipinski definition) is 5. The van der Waals surface area contributed by atoms with E-state index >= 15 is 0 Å². The molecule has 5 nitrogen and oxygen atoms in total. The van der Waals surface area contributed by atoms with E-state index in [0.717, 1.165) is 24.5 Å². The molecule has 1 aliphatic rings. The summed E-state index contributed by atoms with van der Waals surface area (Å²) in [7, 11) is 1.38. The Bertz CT molecular complexity index is 878. The van der Waals surface area contributed by atoms with Gasteiger partial charge in [-0.3, -0.25) is 4.79 Å². The Balaban J connectivity index is 1.71. The molecular weight excluding hydrogens is 375 g/mol. The number of phenols is 2. The predicted molar refractivity (Wildman–Crippen MR) is 106 cm³/mol. The van der Waals surface area contributed by atoms with Gasteiger partial charge in [-0.2, -0.15) is 0 Å². The van der Waals surface area contributed by atoms with Crippen molar-refractivity contribution in [3.8, 4) is 11.5 Å². The van der Waals surface area contributed by atoms with Gasteiger partial charge >= 0.3 is 5.97 Å². The molecule has 0 bridgehead atoms. The third kappa shape index (κ3) is 4.88. The quantitative estimate of drug-likeness (QED) is 0.576. The first-order chi connectivity index (χ1) is 13.8. The molecule has 0 radical (unpaired) electrons. The summed E-state index contributed by atoms with van der Waals surface area (Å²) >= 11 is 0. The van der Waals surface area contributed by atoms with Gasteiger partial charge in [0.2, 0.25) is 0 Å². The Morgan fingerprint density at radius 2 is 1.93 bits per heavy atom.